The number of rotatable bonds is 4. The molecule has 0 spiro atoms. The van der Waals surface area contributed by atoms with Crippen LogP contribution in [-0.2, 0) is 4.74 Å². The summed E-state index contributed by atoms with van der Waals surface area (Å²) in [6.45, 7) is 4.02. The van der Waals surface area contributed by atoms with E-state index in [4.69, 9.17) is 4.74 Å². The average Bonchev–Trinajstić information content (AvgIpc) is 3.10. The monoisotopic (exact) mass is 342 g/mol. The molecule has 0 aliphatic carbocycles. The number of hydrogen-bond acceptors (Lipinski definition) is 4. The van der Waals surface area contributed by atoms with E-state index in [9.17, 15) is 4.79 Å². The summed E-state index contributed by atoms with van der Waals surface area (Å²) in [5.74, 6) is 1.22. The first-order chi connectivity index (χ1) is 11.8. The second-order valence-electron chi connectivity index (χ2n) is 6.65. The van der Waals surface area contributed by atoms with Crippen molar-refractivity contribution < 1.29 is 9.53 Å². The summed E-state index contributed by atoms with van der Waals surface area (Å²) in [4.78, 5) is 15.8. The van der Waals surface area contributed by atoms with E-state index in [1.54, 1.807) is 11.3 Å². The van der Waals surface area contributed by atoms with Crippen LogP contribution in [0, 0.1) is 11.8 Å². The highest BCUT2D eigenvalue weighted by molar-refractivity contribution is 7.14. The second kappa shape index (κ2) is 6.95. The Labute approximate surface area is 146 Å². The molecule has 3 aliphatic rings. The molecule has 2 bridgehead atoms. The van der Waals surface area contributed by atoms with Gasteiger partial charge in [0.25, 0.3) is 0 Å². The predicted octanol–water partition coefficient (Wildman–Crippen LogP) is 4.31. The number of thiophene rings is 1. The number of piperidine rings is 3. The molecule has 24 heavy (non-hydrogen) atoms. The van der Waals surface area contributed by atoms with Gasteiger partial charge in [-0.2, -0.15) is 0 Å². The highest BCUT2D eigenvalue weighted by Crippen LogP contribution is 2.34. The molecule has 3 saturated heterocycles. The van der Waals surface area contributed by atoms with Crippen LogP contribution in [0.1, 0.15) is 12.8 Å². The number of hydrogen-bond donors (Lipinski definition) is 1. The third-order valence-electron chi connectivity index (χ3n) is 5.16. The summed E-state index contributed by atoms with van der Waals surface area (Å²) in [7, 11) is 0. The quantitative estimate of drug-likeness (QED) is 0.900. The van der Waals surface area contributed by atoms with Crippen molar-refractivity contribution in [1.82, 2.24) is 4.90 Å². The normalized spacial score (nSPS) is 25.4. The van der Waals surface area contributed by atoms with Gasteiger partial charge < -0.3 is 9.64 Å². The number of amides is 1. The third kappa shape index (κ3) is 3.32. The number of nitrogens with one attached hydrogen (secondary N) is 1. The van der Waals surface area contributed by atoms with Gasteiger partial charge in [-0.25, -0.2) is 4.79 Å². The molecule has 4 heterocycles. The zero-order chi connectivity index (χ0) is 16.4. The zero-order valence-corrected chi connectivity index (χ0v) is 14.4. The topological polar surface area (TPSA) is 41.6 Å². The van der Waals surface area contributed by atoms with Crippen LogP contribution in [0.4, 0.5) is 10.5 Å². The van der Waals surface area contributed by atoms with E-state index in [0.717, 1.165) is 28.6 Å². The fourth-order valence-corrected chi connectivity index (χ4v) is 4.68. The second-order valence-corrected chi connectivity index (χ2v) is 7.57. The number of carbonyl (C=O) groups is 1. The number of nitrogens with zero attached hydrogens (tertiary/aromatic N) is 1. The minimum atomic E-state index is -0.345. The predicted molar refractivity (Wildman–Crippen MR) is 97.4 cm³/mol. The van der Waals surface area contributed by atoms with E-state index in [1.807, 2.05) is 29.6 Å². The van der Waals surface area contributed by atoms with Gasteiger partial charge in [-0.3, -0.25) is 5.32 Å². The third-order valence-corrected chi connectivity index (χ3v) is 6.12. The first-order valence-corrected chi connectivity index (χ1v) is 9.46. The van der Waals surface area contributed by atoms with Gasteiger partial charge in [-0.05, 0) is 48.9 Å². The molecule has 5 heteroatoms. The molecular weight excluding hydrogens is 320 g/mol. The average molecular weight is 342 g/mol. The molecule has 126 valence electrons. The van der Waals surface area contributed by atoms with E-state index in [1.165, 1.54) is 25.9 Å². The molecule has 1 unspecified atom stereocenters. The molecule has 3 aliphatic heterocycles. The number of carbonyl (C=O) groups excluding carboxylic acids is 1. The largest absolute Gasteiger partial charge is 0.449 e. The standard InChI is InChI=1S/C19H22N2O2S/c22-19(23-13-16-12-21-9-6-14(16)7-10-21)20-17-8-11-24-18(17)15-4-2-1-3-5-15/h1-5,8,11,14,16H,6-7,9-10,12-13H2,(H,20,22). The molecule has 1 amide bonds. The maximum absolute atomic E-state index is 12.2. The van der Waals surface area contributed by atoms with Crippen molar-refractivity contribution in [2.45, 2.75) is 12.8 Å². The summed E-state index contributed by atoms with van der Waals surface area (Å²) >= 11 is 1.62. The summed E-state index contributed by atoms with van der Waals surface area (Å²) < 4.78 is 5.53. The molecule has 0 radical (unpaired) electrons. The molecule has 4 nitrogen and oxygen atoms in total. The van der Waals surface area contributed by atoms with Crippen LogP contribution >= 0.6 is 11.3 Å². The molecular formula is C19H22N2O2S. The van der Waals surface area contributed by atoms with Crippen LogP contribution in [-0.4, -0.2) is 37.2 Å². The van der Waals surface area contributed by atoms with Gasteiger partial charge in [0.15, 0.2) is 0 Å². The van der Waals surface area contributed by atoms with Crippen molar-refractivity contribution in [2.75, 3.05) is 31.6 Å². The Balaban J connectivity index is 1.35. The Morgan fingerprint density at radius 2 is 2.00 bits per heavy atom. The first kappa shape index (κ1) is 15.7. The number of benzene rings is 1. The minimum Gasteiger partial charge on any atom is -0.449 e. The van der Waals surface area contributed by atoms with E-state index >= 15 is 0 Å². The van der Waals surface area contributed by atoms with Gasteiger partial charge in [0.05, 0.1) is 17.2 Å². The van der Waals surface area contributed by atoms with Crippen molar-refractivity contribution in [2.24, 2.45) is 11.8 Å². The van der Waals surface area contributed by atoms with Gasteiger partial charge in [0, 0.05) is 12.5 Å². The van der Waals surface area contributed by atoms with Gasteiger partial charge in [-0.1, -0.05) is 30.3 Å². The number of ether oxygens (including phenoxy) is 1. The van der Waals surface area contributed by atoms with Gasteiger partial charge in [0.2, 0.25) is 0 Å². The Morgan fingerprint density at radius 3 is 2.71 bits per heavy atom. The molecule has 1 atom stereocenters. The van der Waals surface area contributed by atoms with Gasteiger partial charge in [-0.15, -0.1) is 11.3 Å². The van der Waals surface area contributed by atoms with Gasteiger partial charge in [0.1, 0.15) is 0 Å². The Morgan fingerprint density at radius 1 is 1.21 bits per heavy atom. The highest BCUT2D eigenvalue weighted by Gasteiger charge is 2.34. The van der Waals surface area contributed by atoms with Crippen molar-refractivity contribution in [1.29, 1.82) is 0 Å². The lowest BCUT2D eigenvalue weighted by Gasteiger charge is -2.44. The summed E-state index contributed by atoms with van der Waals surface area (Å²) in [6.07, 6.45) is 2.15. The molecule has 1 aromatic heterocycles. The molecule has 1 aromatic carbocycles. The van der Waals surface area contributed by atoms with E-state index < -0.39 is 0 Å². The van der Waals surface area contributed by atoms with Crippen molar-refractivity contribution in [3.05, 3.63) is 41.8 Å². The zero-order valence-electron chi connectivity index (χ0n) is 13.6. The van der Waals surface area contributed by atoms with Crippen LogP contribution in [0.25, 0.3) is 10.4 Å². The Kier molecular flexibility index (Phi) is 4.54. The van der Waals surface area contributed by atoms with Crippen molar-refractivity contribution >= 4 is 23.1 Å². The fraction of sp³-hybridized carbons (Fsp3) is 0.421. The van der Waals surface area contributed by atoms with E-state index in [0.29, 0.717) is 12.5 Å². The molecule has 2 aromatic rings. The minimum absolute atomic E-state index is 0.345. The van der Waals surface area contributed by atoms with Crippen molar-refractivity contribution in [3.63, 3.8) is 0 Å². The number of fused-ring (bicyclic) bond motifs is 3. The van der Waals surface area contributed by atoms with Crippen LogP contribution in [0.15, 0.2) is 41.8 Å². The van der Waals surface area contributed by atoms with E-state index in [-0.39, 0.29) is 6.09 Å². The highest BCUT2D eigenvalue weighted by atomic mass is 32.1. The maximum atomic E-state index is 12.2. The fourth-order valence-electron chi connectivity index (χ4n) is 3.83. The first-order valence-electron chi connectivity index (χ1n) is 8.58. The van der Waals surface area contributed by atoms with E-state index in [2.05, 4.69) is 22.3 Å². The Bertz CT molecular complexity index is 692. The summed E-state index contributed by atoms with van der Waals surface area (Å²) in [5, 5.41) is 4.90. The maximum Gasteiger partial charge on any atom is 0.411 e. The summed E-state index contributed by atoms with van der Waals surface area (Å²) in [5.41, 5.74) is 1.94. The lowest BCUT2D eigenvalue weighted by molar-refractivity contribution is 0.0151. The summed E-state index contributed by atoms with van der Waals surface area (Å²) in [6, 6.07) is 12.0. The van der Waals surface area contributed by atoms with Crippen LogP contribution in [0.2, 0.25) is 0 Å². The lowest BCUT2D eigenvalue weighted by atomic mass is 9.79. The Hall–Kier alpha value is -1.85. The molecule has 0 saturated carbocycles. The van der Waals surface area contributed by atoms with Crippen LogP contribution in [0.5, 0.6) is 0 Å². The van der Waals surface area contributed by atoms with Crippen LogP contribution < -0.4 is 5.32 Å². The smallest absolute Gasteiger partial charge is 0.411 e. The van der Waals surface area contributed by atoms with Crippen molar-refractivity contribution in [3.8, 4) is 10.4 Å². The lowest BCUT2D eigenvalue weighted by Crippen LogP contribution is -2.49. The van der Waals surface area contributed by atoms with Gasteiger partial charge >= 0.3 is 6.09 Å². The van der Waals surface area contributed by atoms with Crippen LogP contribution in [0.3, 0.4) is 0 Å². The molecule has 1 N–H and O–H groups in total. The molecule has 5 rings (SSSR count). The number of anilines is 1. The SMILES string of the molecule is O=C(Nc1ccsc1-c1ccccc1)OCC1CN2CCC1CC2. The molecule has 3 fully saturated rings.